The molecule has 184 valence electrons. The minimum absolute atomic E-state index is 0.0395. The van der Waals surface area contributed by atoms with Crippen molar-refractivity contribution in [2.45, 2.75) is 45.1 Å². The largest absolute Gasteiger partial charge is 0.480 e. The standard InChI is InChI=1S/C24H29Cl2N3O5/c1-15(7-9-17-10-8-16-4-3-12-27-22(16)28-17)14-29(20(11-13-30)23(31)32)34-24(33)21-18(25)5-2-6-19(21)26/h2,5-6,8,10,15,20,30H,3-4,7,9,11-14H2,1H3,(H,27,28)(H,31,32)/t15-,20+/m0/s1. The van der Waals surface area contributed by atoms with Crippen LogP contribution in [0.1, 0.15) is 47.8 Å². The number of hydrogen-bond donors (Lipinski definition) is 3. The third-order valence-electron chi connectivity index (χ3n) is 5.74. The van der Waals surface area contributed by atoms with Crippen LogP contribution in [0, 0.1) is 5.92 Å². The first-order valence-corrected chi connectivity index (χ1v) is 12.0. The zero-order chi connectivity index (χ0) is 24.7. The molecule has 3 N–H and O–H groups in total. The number of halogens is 2. The van der Waals surface area contributed by atoms with Gasteiger partial charge in [0.15, 0.2) is 0 Å². The van der Waals surface area contributed by atoms with Crippen molar-refractivity contribution in [3.05, 3.63) is 57.2 Å². The van der Waals surface area contributed by atoms with E-state index < -0.39 is 18.0 Å². The van der Waals surface area contributed by atoms with Crippen LogP contribution in [-0.2, 0) is 22.5 Å². The van der Waals surface area contributed by atoms with Gasteiger partial charge in [0, 0.05) is 25.4 Å². The Morgan fingerprint density at radius 3 is 2.62 bits per heavy atom. The molecule has 10 heteroatoms. The number of aliphatic hydroxyl groups is 1. The molecular weight excluding hydrogens is 481 g/mol. The van der Waals surface area contributed by atoms with Crippen molar-refractivity contribution in [2.75, 3.05) is 25.0 Å². The number of aromatic nitrogens is 1. The van der Waals surface area contributed by atoms with Crippen LogP contribution in [0.3, 0.4) is 0 Å². The SMILES string of the molecule is C[C@@H](CCc1ccc2c(n1)NCCC2)CN(OC(=O)c1c(Cl)cccc1Cl)[C@H](CCO)C(=O)O. The van der Waals surface area contributed by atoms with Crippen molar-refractivity contribution in [1.29, 1.82) is 0 Å². The molecule has 0 saturated heterocycles. The van der Waals surface area contributed by atoms with Gasteiger partial charge in [0.25, 0.3) is 0 Å². The molecule has 8 nitrogen and oxygen atoms in total. The van der Waals surface area contributed by atoms with Crippen LogP contribution in [0.4, 0.5) is 5.82 Å². The molecule has 1 aliphatic heterocycles. The molecular formula is C24H29Cl2N3O5. The van der Waals surface area contributed by atoms with Crippen LogP contribution in [0.25, 0.3) is 0 Å². The number of pyridine rings is 1. The smallest absolute Gasteiger partial charge is 0.360 e. The maximum atomic E-state index is 12.8. The van der Waals surface area contributed by atoms with Crippen molar-refractivity contribution in [3.8, 4) is 0 Å². The number of hydroxylamine groups is 2. The first kappa shape index (κ1) is 26.2. The molecule has 2 atom stereocenters. The summed E-state index contributed by atoms with van der Waals surface area (Å²) in [6.07, 6.45) is 3.38. The number of carboxylic acids is 1. The second-order valence-electron chi connectivity index (χ2n) is 8.43. The van der Waals surface area contributed by atoms with E-state index in [-0.39, 0.29) is 41.1 Å². The second kappa shape index (κ2) is 12.4. The van der Waals surface area contributed by atoms with Gasteiger partial charge < -0.3 is 20.4 Å². The Morgan fingerprint density at radius 1 is 1.21 bits per heavy atom. The summed E-state index contributed by atoms with van der Waals surface area (Å²) in [7, 11) is 0. The van der Waals surface area contributed by atoms with Gasteiger partial charge >= 0.3 is 11.9 Å². The van der Waals surface area contributed by atoms with Crippen molar-refractivity contribution < 1.29 is 24.6 Å². The number of carbonyl (C=O) groups excluding carboxylic acids is 1. The number of hydrogen-bond acceptors (Lipinski definition) is 7. The molecule has 0 fully saturated rings. The molecule has 0 radical (unpaired) electrons. The van der Waals surface area contributed by atoms with E-state index in [4.69, 9.17) is 33.0 Å². The van der Waals surface area contributed by atoms with Gasteiger partial charge in [-0.05, 0) is 61.8 Å². The highest BCUT2D eigenvalue weighted by atomic mass is 35.5. The Kier molecular flexibility index (Phi) is 9.53. The number of fused-ring (bicyclic) bond motifs is 1. The number of carboxylic acid groups (broad SMARTS) is 1. The van der Waals surface area contributed by atoms with Crippen molar-refractivity contribution in [2.24, 2.45) is 5.92 Å². The van der Waals surface area contributed by atoms with Crippen molar-refractivity contribution in [1.82, 2.24) is 10.0 Å². The number of carbonyl (C=O) groups is 2. The van der Waals surface area contributed by atoms with Gasteiger partial charge in [-0.3, -0.25) is 4.79 Å². The lowest BCUT2D eigenvalue weighted by Gasteiger charge is -2.29. The molecule has 0 amide bonds. The number of rotatable bonds is 11. The van der Waals surface area contributed by atoms with Crippen LogP contribution < -0.4 is 5.32 Å². The lowest BCUT2D eigenvalue weighted by molar-refractivity contribution is -0.176. The molecule has 1 aromatic heterocycles. The first-order valence-electron chi connectivity index (χ1n) is 11.3. The summed E-state index contributed by atoms with van der Waals surface area (Å²) in [4.78, 5) is 34.9. The molecule has 0 aliphatic carbocycles. The summed E-state index contributed by atoms with van der Waals surface area (Å²) < 4.78 is 0. The molecule has 0 spiro atoms. The number of nitrogens with zero attached hydrogens (tertiary/aromatic N) is 2. The average molecular weight is 510 g/mol. The van der Waals surface area contributed by atoms with Crippen LogP contribution >= 0.6 is 23.2 Å². The summed E-state index contributed by atoms with van der Waals surface area (Å²) in [6.45, 7) is 2.63. The Labute approximate surface area is 208 Å². The monoisotopic (exact) mass is 509 g/mol. The van der Waals surface area contributed by atoms with Gasteiger partial charge in [0.1, 0.15) is 11.9 Å². The van der Waals surface area contributed by atoms with Crippen LogP contribution in [0.15, 0.2) is 30.3 Å². The van der Waals surface area contributed by atoms with Gasteiger partial charge in [0.05, 0.1) is 15.6 Å². The van der Waals surface area contributed by atoms with Crippen LogP contribution in [0.5, 0.6) is 0 Å². The maximum absolute atomic E-state index is 12.8. The third-order valence-corrected chi connectivity index (χ3v) is 6.37. The Morgan fingerprint density at radius 2 is 1.94 bits per heavy atom. The van der Waals surface area contributed by atoms with Crippen LogP contribution in [-0.4, -0.2) is 57.9 Å². The fraction of sp³-hybridized carbons (Fsp3) is 0.458. The molecule has 0 bridgehead atoms. The Hall–Kier alpha value is -2.39. The van der Waals surface area contributed by atoms with Gasteiger partial charge in [-0.25, -0.2) is 9.78 Å². The Balaban J connectivity index is 1.70. The van der Waals surface area contributed by atoms with Gasteiger partial charge in [-0.1, -0.05) is 42.3 Å². The quantitative estimate of drug-likeness (QED) is 0.386. The average Bonchev–Trinajstić information content (AvgIpc) is 2.80. The molecule has 2 aromatic rings. The fourth-order valence-corrected chi connectivity index (χ4v) is 4.44. The minimum atomic E-state index is -1.22. The maximum Gasteiger partial charge on any atom is 0.360 e. The predicted octanol–water partition coefficient (Wildman–Crippen LogP) is 4.22. The zero-order valence-corrected chi connectivity index (χ0v) is 20.5. The van der Waals surface area contributed by atoms with E-state index in [1.165, 1.54) is 17.7 Å². The van der Waals surface area contributed by atoms with Gasteiger partial charge in [0.2, 0.25) is 0 Å². The topological polar surface area (TPSA) is 112 Å². The number of aliphatic hydroxyl groups excluding tert-OH is 1. The van der Waals surface area contributed by atoms with Crippen LogP contribution in [0.2, 0.25) is 10.0 Å². The zero-order valence-electron chi connectivity index (χ0n) is 19.0. The van der Waals surface area contributed by atoms with Crippen molar-refractivity contribution in [3.63, 3.8) is 0 Å². The lowest BCUT2D eigenvalue weighted by Crippen LogP contribution is -2.45. The van der Waals surface area contributed by atoms with E-state index in [0.717, 1.165) is 36.0 Å². The summed E-state index contributed by atoms with van der Waals surface area (Å²) >= 11 is 12.2. The highest BCUT2D eigenvalue weighted by molar-refractivity contribution is 6.39. The predicted molar refractivity (Wildman–Crippen MR) is 130 cm³/mol. The molecule has 3 rings (SSSR count). The van der Waals surface area contributed by atoms with E-state index >= 15 is 0 Å². The number of benzene rings is 1. The summed E-state index contributed by atoms with van der Waals surface area (Å²) in [5, 5.41) is 23.7. The van der Waals surface area contributed by atoms with E-state index in [2.05, 4.69) is 11.4 Å². The van der Waals surface area contributed by atoms with Gasteiger partial charge in [-0.2, -0.15) is 0 Å². The molecule has 2 heterocycles. The molecule has 1 aliphatic rings. The first-order chi connectivity index (χ1) is 16.3. The second-order valence-corrected chi connectivity index (χ2v) is 9.24. The number of aryl methyl sites for hydroxylation is 2. The molecule has 1 aromatic carbocycles. The normalized spacial score (nSPS) is 14.7. The summed E-state index contributed by atoms with van der Waals surface area (Å²) in [5.74, 6) is -1.17. The van der Waals surface area contributed by atoms with E-state index in [0.29, 0.717) is 12.8 Å². The number of nitrogens with one attached hydrogen (secondary N) is 1. The summed E-state index contributed by atoms with van der Waals surface area (Å²) in [5.41, 5.74) is 2.12. The fourth-order valence-electron chi connectivity index (χ4n) is 3.89. The highest BCUT2D eigenvalue weighted by Gasteiger charge is 2.31. The summed E-state index contributed by atoms with van der Waals surface area (Å²) in [6, 6.07) is 7.49. The molecule has 0 unspecified atom stereocenters. The molecule has 34 heavy (non-hydrogen) atoms. The number of aliphatic carboxylic acids is 1. The number of anilines is 1. The Bertz CT molecular complexity index is 1000. The lowest BCUT2D eigenvalue weighted by atomic mass is 10.0. The van der Waals surface area contributed by atoms with E-state index in [1.54, 1.807) is 6.07 Å². The minimum Gasteiger partial charge on any atom is -0.480 e. The highest BCUT2D eigenvalue weighted by Crippen LogP contribution is 2.26. The van der Waals surface area contributed by atoms with E-state index in [9.17, 15) is 19.8 Å². The molecule has 0 saturated carbocycles. The van der Waals surface area contributed by atoms with Crippen molar-refractivity contribution >= 4 is 41.0 Å². The van der Waals surface area contributed by atoms with E-state index in [1.807, 2.05) is 13.0 Å². The third kappa shape index (κ3) is 6.82. The van der Waals surface area contributed by atoms with Gasteiger partial charge in [-0.15, -0.1) is 5.06 Å².